The van der Waals surface area contributed by atoms with Crippen LogP contribution in [0.5, 0.6) is 0 Å². The van der Waals surface area contributed by atoms with Gasteiger partial charge in [0.25, 0.3) is 0 Å². The fourth-order valence-electron chi connectivity index (χ4n) is 5.17. The lowest BCUT2D eigenvalue weighted by molar-refractivity contribution is 0.200. The number of benzene rings is 2. The number of nitrogens with zero attached hydrogens (tertiary/aromatic N) is 5. The quantitative estimate of drug-likeness (QED) is 0.644. The summed E-state index contributed by atoms with van der Waals surface area (Å²) in [5.41, 5.74) is 2.22. The van der Waals surface area contributed by atoms with Crippen LogP contribution in [0.25, 0.3) is 10.8 Å². The van der Waals surface area contributed by atoms with Crippen molar-refractivity contribution in [1.29, 1.82) is 0 Å². The van der Waals surface area contributed by atoms with Crippen molar-refractivity contribution in [2.75, 3.05) is 56.1 Å². The molecule has 7 heteroatoms. The number of hydrogen-bond donors (Lipinski definition) is 1. The lowest BCUT2D eigenvalue weighted by Gasteiger charge is -2.38. The molecule has 1 aromatic heterocycles. The summed E-state index contributed by atoms with van der Waals surface area (Å²) in [4.78, 5) is 7.15. The van der Waals surface area contributed by atoms with Crippen molar-refractivity contribution >= 4 is 22.4 Å². The summed E-state index contributed by atoms with van der Waals surface area (Å²) in [6.07, 6.45) is 2.15. The predicted octanol–water partition coefficient (Wildman–Crippen LogP) is 3.59. The van der Waals surface area contributed by atoms with E-state index >= 15 is 0 Å². The molecule has 1 N–H and O–H groups in total. The van der Waals surface area contributed by atoms with E-state index in [1.807, 2.05) is 13.0 Å². The number of aromatic nitrogens is 2. The van der Waals surface area contributed by atoms with Gasteiger partial charge in [0.15, 0.2) is 11.6 Å². The van der Waals surface area contributed by atoms with Gasteiger partial charge in [-0.2, -0.15) is 0 Å². The minimum absolute atomic E-state index is 0.163. The zero-order valence-corrected chi connectivity index (χ0v) is 19.6. The van der Waals surface area contributed by atoms with Crippen LogP contribution in [-0.2, 0) is 6.54 Å². The Morgan fingerprint density at radius 1 is 0.939 bits per heavy atom. The summed E-state index contributed by atoms with van der Waals surface area (Å²) in [7, 11) is 2.18. The summed E-state index contributed by atoms with van der Waals surface area (Å²) in [5, 5.41) is 15.2. The second-order valence-corrected chi connectivity index (χ2v) is 9.33. The third kappa shape index (κ3) is 4.66. The van der Waals surface area contributed by atoms with Crippen molar-refractivity contribution < 1.29 is 4.39 Å². The first-order chi connectivity index (χ1) is 16.1. The molecule has 2 saturated heterocycles. The van der Waals surface area contributed by atoms with Crippen LogP contribution in [0.15, 0.2) is 42.5 Å². The van der Waals surface area contributed by atoms with Crippen molar-refractivity contribution in [3.63, 3.8) is 0 Å². The molecule has 0 radical (unpaired) electrons. The lowest BCUT2D eigenvalue weighted by atomic mass is 10.0. The van der Waals surface area contributed by atoms with E-state index in [1.165, 1.54) is 16.3 Å². The summed E-state index contributed by atoms with van der Waals surface area (Å²) in [5.74, 6) is 1.84. The molecule has 2 fully saturated rings. The second-order valence-electron chi connectivity index (χ2n) is 9.33. The SMILES string of the molecule is Cc1cc(F)ccc1CN(C)C1CCN(c2nnc(N3CCNCC3)c3ccccc23)CC1. The van der Waals surface area contributed by atoms with Crippen molar-refractivity contribution in [1.82, 2.24) is 20.4 Å². The minimum Gasteiger partial charge on any atom is -0.354 e. The molecule has 0 atom stereocenters. The van der Waals surface area contributed by atoms with E-state index < -0.39 is 0 Å². The number of fused-ring (bicyclic) bond motifs is 1. The molecule has 2 aromatic carbocycles. The number of rotatable bonds is 5. The third-order valence-electron chi connectivity index (χ3n) is 7.18. The molecule has 0 saturated carbocycles. The molecule has 174 valence electrons. The van der Waals surface area contributed by atoms with Gasteiger partial charge in [-0.15, -0.1) is 10.2 Å². The van der Waals surface area contributed by atoms with Gasteiger partial charge in [0.1, 0.15) is 5.82 Å². The molecule has 33 heavy (non-hydrogen) atoms. The fraction of sp³-hybridized carbons (Fsp3) is 0.462. The Kier molecular flexibility index (Phi) is 6.42. The minimum atomic E-state index is -0.163. The van der Waals surface area contributed by atoms with Crippen molar-refractivity contribution in [3.8, 4) is 0 Å². The van der Waals surface area contributed by atoms with Gasteiger partial charge in [0, 0.05) is 62.6 Å². The van der Waals surface area contributed by atoms with Gasteiger partial charge in [0.05, 0.1) is 0 Å². The van der Waals surface area contributed by atoms with Crippen LogP contribution in [0.1, 0.15) is 24.0 Å². The Labute approximate surface area is 195 Å². The maximum atomic E-state index is 13.5. The smallest absolute Gasteiger partial charge is 0.159 e. The summed E-state index contributed by atoms with van der Waals surface area (Å²) >= 11 is 0. The molecule has 3 aromatic rings. The van der Waals surface area contributed by atoms with Crippen LogP contribution in [0.4, 0.5) is 16.0 Å². The topological polar surface area (TPSA) is 47.5 Å². The maximum absolute atomic E-state index is 13.5. The first kappa shape index (κ1) is 22.0. The Bertz CT molecular complexity index is 1110. The highest BCUT2D eigenvalue weighted by molar-refractivity contribution is 5.99. The molecule has 5 rings (SSSR count). The predicted molar refractivity (Wildman–Crippen MR) is 132 cm³/mol. The number of piperazine rings is 1. The zero-order chi connectivity index (χ0) is 22.8. The Morgan fingerprint density at radius 2 is 1.55 bits per heavy atom. The number of nitrogens with one attached hydrogen (secondary N) is 1. The standard InChI is InChI=1S/C26H33FN6/c1-19-17-21(27)8-7-20(19)18-31(2)22-9-13-32(14-10-22)25-23-5-3-4-6-24(23)26(30-29-25)33-15-11-28-12-16-33/h3-8,17,22,28H,9-16,18H2,1-2H3. The average Bonchev–Trinajstić information content (AvgIpc) is 2.86. The van der Waals surface area contributed by atoms with E-state index in [-0.39, 0.29) is 5.82 Å². The molecule has 0 amide bonds. The van der Waals surface area contributed by atoms with Crippen molar-refractivity contribution in [2.45, 2.75) is 32.4 Å². The summed E-state index contributed by atoms with van der Waals surface area (Å²) in [6, 6.07) is 14.2. The van der Waals surface area contributed by atoms with Gasteiger partial charge < -0.3 is 15.1 Å². The largest absolute Gasteiger partial charge is 0.354 e. The zero-order valence-electron chi connectivity index (χ0n) is 19.6. The van der Waals surface area contributed by atoms with E-state index in [0.717, 1.165) is 75.9 Å². The highest BCUT2D eigenvalue weighted by Crippen LogP contribution is 2.32. The van der Waals surface area contributed by atoms with E-state index in [9.17, 15) is 4.39 Å². The molecular weight excluding hydrogens is 415 g/mol. The van der Waals surface area contributed by atoms with Gasteiger partial charge in [0.2, 0.25) is 0 Å². The van der Waals surface area contributed by atoms with Crippen LogP contribution in [0, 0.1) is 12.7 Å². The Balaban J connectivity index is 1.29. The van der Waals surface area contributed by atoms with Gasteiger partial charge in [-0.05, 0) is 50.1 Å². The molecular formula is C26H33FN6. The van der Waals surface area contributed by atoms with E-state index in [1.54, 1.807) is 12.1 Å². The molecule has 3 heterocycles. The number of halogens is 1. The number of anilines is 2. The van der Waals surface area contributed by atoms with Crippen LogP contribution in [-0.4, -0.2) is 67.5 Å². The number of piperidine rings is 1. The maximum Gasteiger partial charge on any atom is 0.159 e. The fourth-order valence-corrected chi connectivity index (χ4v) is 5.17. The van der Waals surface area contributed by atoms with Crippen molar-refractivity contribution in [2.24, 2.45) is 0 Å². The molecule has 0 bridgehead atoms. The van der Waals surface area contributed by atoms with E-state index in [2.05, 4.69) is 51.3 Å². The van der Waals surface area contributed by atoms with Crippen LogP contribution >= 0.6 is 0 Å². The molecule has 6 nitrogen and oxygen atoms in total. The average molecular weight is 449 g/mol. The van der Waals surface area contributed by atoms with Crippen molar-refractivity contribution in [3.05, 3.63) is 59.4 Å². The number of hydrogen-bond acceptors (Lipinski definition) is 6. The monoisotopic (exact) mass is 448 g/mol. The van der Waals surface area contributed by atoms with Gasteiger partial charge in [-0.1, -0.05) is 30.3 Å². The van der Waals surface area contributed by atoms with Gasteiger partial charge in [-0.25, -0.2) is 4.39 Å². The Morgan fingerprint density at radius 3 is 2.15 bits per heavy atom. The van der Waals surface area contributed by atoms with Gasteiger partial charge in [-0.3, -0.25) is 4.90 Å². The van der Waals surface area contributed by atoms with Crippen LogP contribution in [0.2, 0.25) is 0 Å². The highest BCUT2D eigenvalue weighted by Gasteiger charge is 2.26. The number of aryl methyl sites for hydroxylation is 1. The Hall–Kier alpha value is -2.77. The first-order valence-corrected chi connectivity index (χ1v) is 12.0. The summed E-state index contributed by atoms with van der Waals surface area (Å²) < 4.78 is 13.5. The summed E-state index contributed by atoms with van der Waals surface area (Å²) in [6.45, 7) is 8.65. The molecule has 2 aliphatic rings. The molecule has 0 spiro atoms. The first-order valence-electron chi connectivity index (χ1n) is 12.0. The van der Waals surface area contributed by atoms with E-state index in [4.69, 9.17) is 10.2 Å². The van der Waals surface area contributed by atoms with Gasteiger partial charge >= 0.3 is 0 Å². The van der Waals surface area contributed by atoms with Crippen LogP contribution in [0.3, 0.4) is 0 Å². The lowest BCUT2D eigenvalue weighted by Crippen LogP contribution is -2.44. The highest BCUT2D eigenvalue weighted by atomic mass is 19.1. The molecule has 2 aliphatic heterocycles. The molecule has 0 aliphatic carbocycles. The molecule has 0 unspecified atom stereocenters. The second kappa shape index (κ2) is 9.61. The van der Waals surface area contributed by atoms with Crippen LogP contribution < -0.4 is 15.1 Å². The normalized spacial score (nSPS) is 17.8. The third-order valence-corrected chi connectivity index (χ3v) is 7.18. The van der Waals surface area contributed by atoms with E-state index in [0.29, 0.717) is 6.04 Å².